The minimum absolute atomic E-state index is 0.0191. The number of nitrogens with one attached hydrogen (secondary N) is 1. The second kappa shape index (κ2) is 8.25. The van der Waals surface area contributed by atoms with Gasteiger partial charge < -0.3 is 15.3 Å². The third kappa shape index (κ3) is 3.87. The number of fused-ring (bicyclic) bond motifs is 3. The third-order valence-electron chi connectivity index (χ3n) is 6.87. The van der Waals surface area contributed by atoms with E-state index in [-0.39, 0.29) is 23.7 Å². The van der Waals surface area contributed by atoms with Crippen LogP contribution in [-0.4, -0.2) is 39.4 Å². The number of hydrogen-bond acceptors (Lipinski definition) is 3. The number of benzene rings is 1. The molecule has 30 heavy (non-hydrogen) atoms. The first-order valence-electron chi connectivity index (χ1n) is 11.0. The van der Waals surface area contributed by atoms with Crippen molar-refractivity contribution in [3.63, 3.8) is 0 Å². The summed E-state index contributed by atoms with van der Waals surface area (Å²) in [7, 11) is 0. The van der Waals surface area contributed by atoms with E-state index in [1.807, 2.05) is 43.3 Å². The summed E-state index contributed by atoms with van der Waals surface area (Å²) in [4.78, 5) is 40.3. The molecule has 0 bridgehead atoms. The largest absolute Gasteiger partial charge is 0.479 e. The van der Waals surface area contributed by atoms with Gasteiger partial charge in [0.1, 0.15) is 11.6 Å². The highest BCUT2D eigenvalue weighted by atomic mass is 16.4. The van der Waals surface area contributed by atoms with Crippen molar-refractivity contribution in [2.75, 3.05) is 0 Å². The molecule has 2 amide bonds. The summed E-state index contributed by atoms with van der Waals surface area (Å²) in [6, 6.07) is 7.18. The van der Waals surface area contributed by atoms with Crippen LogP contribution in [0.5, 0.6) is 0 Å². The molecule has 3 aliphatic rings. The van der Waals surface area contributed by atoms with Gasteiger partial charge in [0.2, 0.25) is 11.8 Å². The topological polar surface area (TPSA) is 86.7 Å². The van der Waals surface area contributed by atoms with Crippen molar-refractivity contribution in [1.29, 1.82) is 0 Å². The Morgan fingerprint density at radius 2 is 1.93 bits per heavy atom. The van der Waals surface area contributed by atoms with Gasteiger partial charge in [-0.15, -0.1) is 0 Å². The molecule has 2 N–H and O–H groups in total. The van der Waals surface area contributed by atoms with E-state index < -0.39 is 17.6 Å². The monoisotopic (exact) mass is 410 g/mol. The molecule has 0 radical (unpaired) electrons. The van der Waals surface area contributed by atoms with E-state index in [1.165, 1.54) is 0 Å². The number of hydrogen-bond donors (Lipinski definition) is 2. The molecule has 4 atom stereocenters. The number of carbonyl (C=O) groups is 3. The Labute approximate surface area is 177 Å². The molecule has 1 aromatic rings. The van der Waals surface area contributed by atoms with E-state index in [4.69, 9.17) is 0 Å². The number of allylic oxidation sites excluding steroid dienone is 1. The maximum absolute atomic E-state index is 13.3. The number of rotatable bonds is 1. The number of carboxylic acid groups (broad SMARTS) is 1. The van der Waals surface area contributed by atoms with Crippen LogP contribution in [0.4, 0.5) is 0 Å². The first-order valence-corrected chi connectivity index (χ1v) is 11.0. The fourth-order valence-corrected chi connectivity index (χ4v) is 4.81. The van der Waals surface area contributed by atoms with E-state index in [9.17, 15) is 19.5 Å². The number of carbonyl (C=O) groups excluding carboxylic acids is 2. The molecule has 160 valence electrons. The van der Waals surface area contributed by atoms with Crippen LogP contribution in [0.1, 0.15) is 56.6 Å². The molecule has 1 aliphatic carbocycles. The highest BCUT2D eigenvalue weighted by Crippen LogP contribution is 2.45. The second-order valence-corrected chi connectivity index (χ2v) is 9.00. The summed E-state index contributed by atoms with van der Waals surface area (Å²) in [5.41, 5.74) is 0.856. The van der Waals surface area contributed by atoms with Crippen LogP contribution in [0.3, 0.4) is 0 Å². The van der Waals surface area contributed by atoms with Crippen LogP contribution in [0, 0.1) is 11.8 Å². The predicted molar refractivity (Wildman–Crippen MR) is 112 cm³/mol. The van der Waals surface area contributed by atoms with Crippen LogP contribution in [0.2, 0.25) is 0 Å². The molecule has 2 aliphatic heterocycles. The Balaban J connectivity index is 1.65. The van der Waals surface area contributed by atoms with E-state index in [1.54, 1.807) is 4.90 Å². The van der Waals surface area contributed by atoms with E-state index in [0.717, 1.165) is 43.2 Å². The number of aliphatic carboxylic acids is 1. The van der Waals surface area contributed by atoms with Crippen LogP contribution in [-0.2, 0) is 27.3 Å². The van der Waals surface area contributed by atoms with Gasteiger partial charge in [-0.05, 0) is 36.8 Å². The molecular formula is C24H30N2O4. The van der Waals surface area contributed by atoms with Gasteiger partial charge in [0, 0.05) is 24.8 Å². The van der Waals surface area contributed by atoms with Gasteiger partial charge in [-0.1, -0.05) is 56.2 Å². The van der Waals surface area contributed by atoms with E-state index in [2.05, 4.69) is 5.32 Å². The summed E-state index contributed by atoms with van der Waals surface area (Å²) in [5, 5.41) is 12.6. The van der Waals surface area contributed by atoms with Crippen molar-refractivity contribution in [3.05, 3.63) is 47.5 Å². The molecule has 1 saturated carbocycles. The molecule has 1 fully saturated rings. The second-order valence-electron chi connectivity index (χ2n) is 9.00. The molecular weight excluding hydrogens is 380 g/mol. The molecule has 1 aromatic carbocycles. The van der Waals surface area contributed by atoms with Gasteiger partial charge in [0.25, 0.3) is 0 Å². The van der Waals surface area contributed by atoms with Crippen molar-refractivity contribution < 1.29 is 19.5 Å². The number of nitrogens with zero attached hydrogens (tertiary/aromatic N) is 1. The van der Waals surface area contributed by atoms with E-state index >= 15 is 0 Å². The minimum Gasteiger partial charge on any atom is -0.479 e. The molecule has 2 heterocycles. The molecule has 6 nitrogen and oxygen atoms in total. The lowest BCUT2D eigenvalue weighted by molar-refractivity contribution is -0.148. The average Bonchev–Trinajstić information content (AvgIpc) is 3.44. The first-order chi connectivity index (χ1) is 14.4. The fraction of sp³-hybridized carbons (Fsp3) is 0.542. The normalized spacial score (nSPS) is 33.1. The Kier molecular flexibility index (Phi) is 5.67. The summed E-state index contributed by atoms with van der Waals surface area (Å²) < 4.78 is 0. The maximum atomic E-state index is 13.3. The smallest absolute Gasteiger partial charge is 0.330 e. The quantitative estimate of drug-likeness (QED) is 0.697. The van der Waals surface area contributed by atoms with Crippen molar-refractivity contribution >= 4 is 17.8 Å². The number of carboxylic acids is 1. The summed E-state index contributed by atoms with van der Waals surface area (Å²) in [6.07, 6.45) is 9.54. The minimum atomic E-state index is -1.24. The standard InChI is InChI=1S/C24H30N2O4/c1-16-9-5-3-2-4-6-12-19-14-24(19,23(29)30)25-21(27)20-13-17-10-7-8-11-18(17)15-26(20)22(16)28/h6-8,10-12,16,19-20H,2-5,9,13-15H2,1H3,(H,25,27)(H,29,30)/b12-6-/t16-,19+,20?,24+/m0/s1. The zero-order chi connectivity index (χ0) is 21.3. The van der Waals surface area contributed by atoms with E-state index in [0.29, 0.717) is 19.4 Å². The first kappa shape index (κ1) is 20.6. The predicted octanol–water partition coefficient (Wildman–Crippen LogP) is 3.06. The lowest BCUT2D eigenvalue weighted by Crippen LogP contribution is -2.57. The fourth-order valence-electron chi connectivity index (χ4n) is 4.81. The van der Waals surface area contributed by atoms with Crippen molar-refractivity contribution in [3.8, 4) is 0 Å². The van der Waals surface area contributed by atoms with Gasteiger partial charge in [-0.3, -0.25) is 9.59 Å². The Hall–Kier alpha value is -2.63. The lowest BCUT2D eigenvalue weighted by Gasteiger charge is -2.38. The lowest BCUT2D eigenvalue weighted by atomic mass is 9.91. The summed E-state index contributed by atoms with van der Waals surface area (Å²) in [6.45, 7) is 2.33. The molecule has 4 rings (SSSR count). The SMILES string of the molecule is C[C@H]1CCCCC/C=C\[C@@H]2C[C@@]2(C(=O)O)NC(=O)C2Cc3ccccc3CN2C1=O. The Bertz CT molecular complexity index is 880. The highest BCUT2D eigenvalue weighted by molar-refractivity contribution is 5.95. The van der Waals surface area contributed by atoms with Gasteiger partial charge in [0.05, 0.1) is 0 Å². The van der Waals surface area contributed by atoms with Gasteiger partial charge in [0.15, 0.2) is 0 Å². The third-order valence-corrected chi connectivity index (χ3v) is 6.87. The zero-order valence-electron chi connectivity index (χ0n) is 17.5. The summed E-state index contributed by atoms with van der Waals surface area (Å²) >= 11 is 0. The molecule has 0 saturated heterocycles. The zero-order valence-corrected chi connectivity index (χ0v) is 17.5. The Morgan fingerprint density at radius 1 is 1.17 bits per heavy atom. The van der Waals surface area contributed by atoms with Crippen molar-refractivity contribution in [1.82, 2.24) is 10.2 Å². The maximum Gasteiger partial charge on any atom is 0.330 e. The number of amides is 2. The van der Waals surface area contributed by atoms with Gasteiger partial charge in [-0.25, -0.2) is 4.79 Å². The Morgan fingerprint density at radius 3 is 2.70 bits per heavy atom. The molecule has 6 heteroatoms. The molecule has 1 unspecified atom stereocenters. The van der Waals surface area contributed by atoms with Gasteiger partial charge in [-0.2, -0.15) is 0 Å². The summed E-state index contributed by atoms with van der Waals surface area (Å²) in [5.74, 6) is -1.73. The molecule has 0 aromatic heterocycles. The van der Waals surface area contributed by atoms with Crippen LogP contribution >= 0.6 is 0 Å². The van der Waals surface area contributed by atoms with Crippen molar-refractivity contribution in [2.45, 2.75) is 70.0 Å². The van der Waals surface area contributed by atoms with Crippen LogP contribution in [0.15, 0.2) is 36.4 Å². The van der Waals surface area contributed by atoms with Gasteiger partial charge >= 0.3 is 5.97 Å². The molecule has 0 spiro atoms. The average molecular weight is 411 g/mol. The highest BCUT2D eigenvalue weighted by Gasteiger charge is 2.61. The van der Waals surface area contributed by atoms with Crippen LogP contribution in [0.25, 0.3) is 0 Å². The van der Waals surface area contributed by atoms with Crippen LogP contribution < -0.4 is 5.32 Å². The van der Waals surface area contributed by atoms with Crippen molar-refractivity contribution in [2.24, 2.45) is 11.8 Å².